The van der Waals surface area contributed by atoms with Crippen LogP contribution in [0.4, 0.5) is 0 Å². The van der Waals surface area contributed by atoms with E-state index in [0.29, 0.717) is 0 Å². The molecule has 0 aromatic carbocycles. The van der Waals surface area contributed by atoms with Crippen molar-refractivity contribution in [2.75, 3.05) is 13.1 Å². The van der Waals surface area contributed by atoms with Crippen molar-refractivity contribution in [2.24, 2.45) is 11.8 Å². The highest BCUT2D eigenvalue weighted by Gasteiger charge is 2.51. The smallest absolute Gasteiger partial charge is 0.233 e. The molecule has 2 amide bonds. The van der Waals surface area contributed by atoms with E-state index >= 15 is 0 Å². The van der Waals surface area contributed by atoms with Gasteiger partial charge >= 0.3 is 0 Å². The summed E-state index contributed by atoms with van der Waals surface area (Å²) in [6.07, 6.45) is 4.06. The molecule has 3 fully saturated rings. The largest absolute Gasteiger partial charge is 0.313 e. The number of imide groups is 1. The molecule has 2 atom stereocenters. The average molecular weight is 208 g/mol. The topological polar surface area (TPSA) is 49.4 Å². The minimum Gasteiger partial charge on any atom is -0.313 e. The summed E-state index contributed by atoms with van der Waals surface area (Å²) < 4.78 is 0. The Labute approximate surface area is 89.0 Å². The van der Waals surface area contributed by atoms with Crippen molar-refractivity contribution in [3.63, 3.8) is 0 Å². The average Bonchev–Trinajstić information content (AvgIpc) is 2.42. The molecule has 82 valence electrons. The summed E-state index contributed by atoms with van der Waals surface area (Å²) in [7, 11) is 0. The first-order valence-corrected chi connectivity index (χ1v) is 5.86. The van der Waals surface area contributed by atoms with Gasteiger partial charge in [-0.25, -0.2) is 0 Å². The maximum atomic E-state index is 12.1. The predicted molar refractivity (Wildman–Crippen MR) is 54.0 cm³/mol. The molecule has 2 aliphatic heterocycles. The van der Waals surface area contributed by atoms with Gasteiger partial charge in [0.15, 0.2) is 0 Å². The lowest BCUT2D eigenvalue weighted by Crippen LogP contribution is -2.59. The first-order valence-electron chi connectivity index (χ1n) is 5.86. The number of carbonyl (C=O) groups excluding carboxylic acids is 2. The van der Waals surface area contributed by atoms with Gasteiger partial charge in [-0.15, -0.1) is 0 Å². The Balaban J connectivity index is 1.84. The van der Waals surface area contributed by atoms with Crippen LogP contribution in [-0.2, 0) is 9.59 Å². The van der Waals surface area contributed by atoms with Gasteiger partial charge in [-0.05, 0) is 12.8 Å². The molecular weight excluding hydrogens is 192 g/mol. The molecule has 0 radical (unpaired) electrons. The van der Waals surface area contributed by atoms with E-state index in [0.717, 1.165) is 38.8 Å². The molecule has 2 unspecified atom stereocenters. The van der Waals surface area contributed by atoms with E-state index in [-0.39, 0.29) is 29.7 Å². The van der Waals surface area contributed by atoms with Crippen LogP contribution in [0.5, 0.6) is 0 Å². The second kappa shape index (κ2) is 3.30. The summed E-state index contributed by atoms with van der Waals surface area (Å²) in [4.78, 5) is 25.7. The third-order valence-corrected chi connectivity index (χ3v) is 4.00. The van der Waals surface area contributed by atoms with Crippen LogP contribution in [0.3, 0.4) is 0 Å². The third-order valence-electron chi connectivity index (χ3n) is 4.00. The number of carbonyl (C=O) groups is 2. The molecule has 1 saturated carbocycles. The number of fused-ring (bicyclic) bond motifs is 1. The molecule has 15 heavy (non-hydrogen) atoms. The lowest BCUT2D eigenvalue weighted by Gasteiger charge is -2.34. The van der Waals surface area contributed by atoms with E-state index in [1.54, 1.807) is 4.90 Å². The molecule has 0 spiro atoms. The molecule has 3 aliphatic rings. The number of nitrogens with zero attached hydrogens (tertiary/aromatic N) is 1. The zero-order chi connectivity index (χ0) is 10.4. The van der Waals surface area contributed by atoms with Crippen LogP contribution in [0.1, 0.15) is 25.7 Å². The molecule has 2 saturated heterocycles. The Morgan fingerprint density at radius 1 is 1.00 bits per heavy atom. The highest BCUT2D eigenvalue weighted by Crippen LogP contribution is 2.39. The van der Waals surface area contributed by atoms with E-state index in [1.165, 1.54) is 0 Å². The number of likely N-dealkylation sites (tertiary alicyclic amines) is 1. The van der Waals surface area contributed by atoms with Crippen LogP contribution in [-0.4, -0.2) is 35.8 Å². The van der Waals surface area contributed by atoms with E-state index in [9.17, 15) is 9.59 Å². The normalized spacial score (nSPS) is 36.7. The second-order valence-corrected chi connectivity index (χ2v) is 4.86. The summed E-state index contributed by atoms with van der Waals surface area (Å²) in [5, 5.41) is 3.11. The maximum Gasteiger partial charge on any atom is 0.233 e. The summed E-state index contributed by atoms with van der Waals surface area (Å²) in [5.41, 5.74) is 0. The number of amides is 2. The molecule has 0 aromatic rings. The van der Waals surface area contributed by atoms with Crippen molar-refractivity contribution >= 4 is 11.8 Å². The first-order chi connectivity index (χ1) is 7.29. The molecule has 1 N–H and O–H groups in total. The molecule has 2 heterocycles. The van der Waals surface area contributed by atoms with Gasteiger partial charge in [0.1, 0.15) is 0 Å². The van der Waals surface area contributed by atoms with E-state index in [4.69, 9.17) is 0 Å². The fraction of sp³-hybridized carbons (Fsp3) is 0.818. The van der Waals surface area contributed by atoms with E-state index in [2.05, 4.69) is 5.32 Å². The Morgan fingerprint density at radius 2 is 1.53 bits per heavy atom. The molecule has 0 aromatic heterocycles. The predicted octanol–water partition coefficient (Wildman–Crippen LogP) is 0.133. The quantitative estimate of drug-likeness (QED) is 0.623. The Morgan fingerprint density at radius 3 is 1.93 bits per heavy atom. The number of hydrogen-bond donors (Lipinski definition) is 1. The molecule has 4 heteroatoms. The lowest BCUT2D eigenvalue weighted by molar-refractivity contribution is -0.143. The highest BCUT2D eigenvalue weighted by atomic mass is 16.2. The van der Waals surface area contributed by atoms with Crippen molar-refractivity contribution in [1.82, 2.24) is 10.2 Å². The van der Waals surface area contributed by atoms with Gasteiger partial charge < -0.3 is 5.32 Å². The number of rotatable bonds is 1. The Kier molecular flexibility index (Phi) is 2.06. The van der Waals surface area contributed by atoms with Crippen LogP contribution in [0.2, 0.25) is 0 Å². The third kappa shape index (κ3) is 1.24. The molecule has 3 rings (SSSR count). The van der Waals surface area contributed by atoms with Crippen molar-refractivity contribution in [2.45, 2.75) is 31.7 Å². The molecule has 0 bridgehead atoms. The summed E-state index contributed by atoms with van der Waals surface area (Å²) in [6, 6.07) is 0.149. The number of hydrogen-bond acceptors (Lipinski definition) is 3. The minimum atomic E-state index is 0.0202. The second-order valence-electron chi connectivity index (χ2n) is 4.86. The van der Waals surface area contributed by atoms with Gasteiger partial charge in [-0.3, -0.25) is 14.5 Å². The van der Waals surface area contributed by atoms with Gasteiger partial charge in [0.25, 0.3) is 0 Å². The van der Waals surface area contributed by atoms with Crippen LogP contribution >= 0.6 is 0 Å². The minimum absolute atomic E-state index is 0.0202. The van der Waals surface area contributed by atoms with Crippen LogP contribution in [0, 0.1) is 11.8 Å². The monoisotopic (exact) mass is 208 g/mol. The van der Waals surface area contributed by atoms with Crippen LogP contribution < -0.4 is 5.32 Å². The van der Waals surface area contributed by atoms with Gasteiger partial charge in [-0.1, -0.05) is 12.8 Å². The SMILES string of the molecule is O=C1C2CCCCC2C(=O)N1C1CNC1. The van der Waals surface area contributed by atoms with Crippen molar-refractivity contribution in [3.05, 3.63) is 0 Å². The summed E-state index contributed by atoms with van der Waals surface area (Å²) >= 11 is 0. The van der Waals surface area contributed by atoms with Gasteiger partial charge in [0.05, 0.1) is 17.9 Å². The van der Waals surface area contributed by atoms with Crippen molar-refractivity contribution in [1.29, 1.82) is 0 Å². The highest BCUT2D eigenvalue weighted by molar-refractivity contribution is 6.05. The summed E-state index contributed by atoms with van der Waals surface area (Å²) in [6.45, 7) is 1.58. The van der Waals surface area contributed by atoms with E-state index in [1.807, 2.05) is 0 Å². The molecular formula is C11H16N2O2. The fourth-order valence-electron chi connectivity index (χ4n) is 3.00. The first kappa shape index (κ1) is 9.33. The Hall–Kier alpha value is -0.900. The zero-order valence-corrected chi connectivity index (χ0v) is 8.74. The van der Waals surface area contributed by atoms with Gasteiger partial charge in [-0.2, -0.15) is 0 Å². The van der Waals surface area contributed by atoms with E-state index < -0.39 is 0 Å². The van der Waals surface area contributed by atoms with Crippen molar-refractivity contribution in [3.8, 4) is 0 Å². The van der Waals surface area contributed by atoms with Gasteiger partial charge in [0.2, 0.25) is 11.8 Å². The van der Waals surface area contributed by atoms with Crippen LogP contribution in [0.15, 0.2) is 0 Å². The maximum absolute atomic E-state index is 12.1. The van der Waals surface area contributed by atoms with Crippen LogP contribution in [0.25, 0.3) is 0 Å². The standard InChI is InChI=1S/C11H16N2O2/c14-10-8-3-1-2-4-9(8)11(15)13(10)7-5-12-6-7/h7-9,12H,1-6H2. The molecule has 1 aliphatic carbocycles. The molecule has 4 nitrogen and oxygen atoms in total. The van der Waals surface area contributed by atoms with Gasteiger partial charge in [0, 0.05) is 13.1 Å². The number of nitrogens with one attached hydrogen (secondary N) is 1. The Bertz CT molecular complexity index is 288. The fourth-order valence-corrected chi connectivity index (χ4v) is 3.00. The lowest BCUT2D eigenvalue weighted by atomic mass is 9.81. The zero-order valence-electron chi connectivity index (χ0n) is 8.74. The van der Waals surface area contributed by atoms with Crippen molar-refractivity contribution < 1.29 is 9.59 Å². The summed E-state index contributed by atoms with van der Waals surface area (Å²) in [5.74, 6) is 0.256.